The van der Waals surface area contributed by atoms with Gasteiger partial charge in [0.05, 0.1) is 10.2 Å². The Labute approximate surface area is 94.6 Å². The fourth-order valence-corrected chi connectivity index (χ4v) is 1.96. The molecule has 4 heteroatoms. The number of nitrogens with zero attached hydrogens (tertiary/aromatic N) is 2. The van der Waals surface area contributed by atoms with Crippen molar-refractivity contribution >= 4 is 27.4 Å². The summed E-state index contributed by atoms with van der Waals surface area (Å²) in [7, 11) is 0. The van der Waals surface area contributed by atoms with Crippen molar-refractivity contribution in [1.29, 1.82) is 0 Å². The Morgan fingerprint density at radius 2 is 2.00 bits per heavy atom. The fourth-order valence-electron chi connectivity index (χ4n) is 1.17. The lowest BCUT2D eigenvalue weighted by Crippen LogP contribution is -2.10. The second-order valence-electron chi connectivity index (χ2n) is 3.16. The van der Waals surface area contributed by atoms with Crippen molar-refractivity contribution in [2.45, 2.75) is 33.7 Å². The summed E-state index contributed by atoms with van der Waals surface area (Å²) in [6.45, 7) is 8.20. The lowest BCUT2D eigenvalue weighted by atomic mass is 10.4. The van der Waals surface area contributed by atoms with Crippen molar-refractivity contribution in [2.24, 2.45) is 0 Å². The third-order valence-electron chi connectivity index (χ3n) is 1.67. The van der Waals surface area contributed by atoms with Gasteiger partial charge in [-0.3, -0.25) is 0 Å². The van der Waals surface area contributed by atoms with Crippen molar-refractivity contribution in [3.63, 3.8) is 0 Å². The number of hydrogen-bond donors (Lipinski definition) is 1. The minimum Gasteiger partial charge on any atom is -0.367 e. The second kappa shape index (κ2) is 5.66. The van der Waals surface area contributed by atoms with Gasteiger partial charge < -0.3 is 5.32 Å². The number of thiophene rings is 1. The molecule has 0 atom stereocenters. The highest BCUT2D eigenvalue weighted by Crippen LogP contribution is 2.24. The van der Waals surface area contributed by atoms with E-state index >= 15 is 0 Å². The molecule has 2 aromatic rings. The maximum absolute atomic E-state index is 4.21. The molecule has 1 N–H and O–H groups in total. The van der Waals surface area contributed by atoms with Crippen LogP contribution < -0.4 is 5.32 Å². The highest BCUT2D eigenvalue weighted by Gasteiger charge is 2.04. The monoisotopic (exact) mass is 223 g/mol. The van der Waals surface area contributed by atoms with Gasteiger partial charge in [0.25, 0.3) is 0 Å². The average molecular weight is 223 g/mol. The molecule has 2 heterocycles. The predicted octanol–water partition coefficient (Wildman–Crippen LogP) is 3.54. The molecular weight excluding hydrogens is 206 g/mol. The van der Waals surface area contributed by atoms with Crippen LogP contribution in [0.2, 0.25) is 0 Å². The summed E-state index contributed by atoms with van der Waals surface area (Å²) in [6, 6.07) is 2.41. The van der Waals surface area contributed by atoms with Gasteiger partial charge in [0.1, 0.15) is 12.1 Å². The van der Waals surface area contributed by atoms with Gasteiger partial charge in [-0.2, -0.15) is 0 Å². The normalized spacial score (nSPS) is 9.93. The number of nitrogens with one attached hydrogen (secondary N) is 1. The summed E-state index contributed by atoms with van der Waals surface area (Å²) >= 11 is 1.67. The van der Waals surface area contributed by atoms with Crippen molar-refractivity contribution in [2.75, 3.05) is 5.32 Å². The molecule has 0 saturated heterocycles. The molecule has 0 unspecified atom stereocenters. The summed E-state index contributed by atoms with van der Waals surface area (Å²) in [6.07, 6.45) is 1.60. The largest absolute Gasteiger partial charge is 0.367 e. The molecule has 2 rings (SSSR count). The van der Waals surface area contributed by atoms with Crippen LogP contribution in [0.25, 0.3) is 10.2 Å². The van der Waals surface area contributed by atoms with Crippen LogP contribution in [-0.4, -0.2) is 16.0 Å². The summed E-state index contributed by atoms with van der Waals surface area (Å²) in [5.41, 5.74) is 1.02. The summed E-state index contributed by atoms with van der Waals surface area (Å²) < 4.78 is 1.14. The zero-order chi connectivity index (χ0) is 11.3. The zero-order valence-electron chi connectivity index (χ0n) is 9.61. The Hall–Kier alpha value is -1.16. The van der Waals surface area contributed by atoms with Gasteiger partial charge in [-0.1, -0.05) is 13.8 Å². The van der Waals surface area contributed by atoms with E-state index in [9.17, 15) is 0 Å². The van der Waals surface area contributed by atoms with E-state index in [-0.39, 0.29) is 0 Å². The molecule has 0 spiro atoms. The molecular formula is C11H17N3S. The van der Waals surface area contributed by atoms with E-state index in [1.807, 2.05) is 25.3 Å². The van der Waals surface area contributed by atoms with E-state index in [0.29, 0.717) is 6.04 Å². The summed E-state index contributed by atoms with van der Waals surface area (Å²) in [4.78, 5) is 8.38. The number of fused-ring (bicyclic) bond motifs is 1. The Kier molecular flexibility index (Phi) is 4.49. The lowest BCUT2D eigenvalue weighted by Gasteiger charge is -2.08. The van der Waals surface area contributed by atoms with Gasteiger partial charge in [0.15, 0.2) is 0 Å². The van der Waals surface area contributed by atoms with Gasteiger partial charge in [-0.15, -0.1) is 11.3 Å². The van der Waals surface area contributed by atoms with Gasteiger partial charge in [-0.05, 0) is 25.3 Å². The molecule has 0 amide bonds. The zero-order valence-corrected chi connectivity index (χ0v) is 10.4. The Balaban J connectivity index is 0.000000531. The molecule has 0 aliphatic heterocycles. The standard InChI is InChI=1S/C9H11N3S.C2H6/c1-6(2)12-9-8-7(3-4-13-8)10-5-11-9;1-2/h3-6H,1-2H3,(H,10,11,12);1-2H3. The maximum atomic E-state index is 4.21. The Bertz CT molecular complexity index is 409. The Morgan fingerprint density at radius 3 is 2.67 bits per heavy atom. The van der Waals surface area contributed by atoms with E-state index in [1.54, 1.807) is 17.7 Å². The van der Waals surface area contributed by atoms with Crippen LogP contribution in [-0.2, 0) is 0 Å². The van der Waals surface area contributed by atoms with Crippen molar-refractivity contribution in [3.05, 3.63) is 17.8 Å². The number of aromatic nitrogens is 2. The van der Waals surface area contributed by atoms with Gasteiger partial charge in [0.2, 0.25) is 0 Å². The maximum Gasteiger partial charge on any atom is 0.147 e. The molecule has 82 valence electrons. The average Bonchev–Trinajstić information content (AvgIpc) is 2.69. The third-order valence-corrected chi connectivity index (χ3v) is 2.58. The van der Waals surface area contributed by atoms with Crippen molar-refractivity contribution in [3.8, 4) is 0 Å². The molecule has 0 aliphatic rings. The fraction of sp³-hybridized carbons (Fsp3) is 0.455. The first-order valence-corrected chi connectivity index (χ1v) is 6.10. The minimum absolute atomic E-state index is 0.403. The summed E-state index contributed by atoms with van der Waals surface area (Å²) in [5, 5.41) is 5.33. The van der Waals surface area contributed by atoms with Gasteiger partial charge >= 0.3 is 0 Å². The SMILES string of the molecule is CC.CC(C)Nc1ncnc2ccsc12. The van der Waals surface area contributed by atoms with Gasteiger partial charge in [0, 0.05) is 6.04 Å². The van der Waals surface area contributed by atoms with E-state index < -0.39 is 0 Å². The van der Waals surface area contributed by atoms with Gasteiger partial charge in [-0.25, -0.2) is 9.97 Å². The first kappa shape index (κ1) is 11.9. The van der Waals surface area contributed by atoms with Crippen LogP contribution in [0.15, 0.2) is 17.8 Å². The van der Waals surface area contributed by atoms with Crippen molar-refractivity contribution < 1.29 is 0 Å². The predicted molar refractivity (Wildman–Crippen MR) is 67.5 cm³/mol. The molecule has 0 saturated carbocycles. The molecule has 0 radical (unpaired) electrons. The quantitative estimate of drug-likeness (QED) is 0.846. The first-order valence-electron chi connectivity index (χ1n) is 5.22. The van der Waals surface area contributed by atoms with Crippen LogP contribution in [0.1, 0.15) is 27.7 Å². The number of hydrogen-bond acceptors (Lipinski definition) is 4. The van der Waals surface area contributed by atoms with Crippen LogP contribution in [0, 0.1) is 0 Å². The second-order valence-corrected chi connectivity index (χ2v) is 4.07. The topological polar surface area (TPSA) is 37.8 Å². The van der Waals surface area contributed by atoms with Crippen molar-refractivity contribution in [1.82, 2.24) is 9.97 Å². The lowest BCUT2D eigenvalue weighted by molar-refractivity contribution is 0.891. The van der Waals surface area contributed by atoms with Crippen LogP contribution in [0.5, 0.6) is 0 Å². The molecule has 0 aliphatic carbocycles. The van der Waals surface area contributed by atoms with E-state index in [0.717, 1.165) is 16.0 Å². The van der Waals surface area contributed by atoms with E-state index in [4.69, 9.17) is 0 Å². The molecule has 15 heavy (non-hydrogen) atoms. The van der Waals surface area contributed by atoms with E-state index in [2.05, 4.69) is 29.1 Å². The minimum atomic E-state index is 0.403. The summed E-state index contributed by atoms with van der Waals surface area (Å²) in [5.74, 6) is 0.940. The molecule has 0 bridgehead atoms. The highest BCUT2D eigenvalue weighted by atomic mass is 32.1. The molecule has 3 nitrogen and oxygen atoms in total. The van der Waals surface area contributed by atoms with Crippen LogP contribution in [0.4, 0.5) is 5.82 Å². The molecule has 2 aromatic heterocycles. The first-order chi connectivity index (χ1) is 7.27. The van der Waals surface area contributed by atoms with E-state index in [1.165, 1.54) is 0 Å². The highest BCUT2D eigenvalue weighted by molar-refractivity contribution is 7.17. The number of anilines is 1. The molecule has 0 fully saturated rings. The van der Waals surface area contributed by atoms with Crippen LogP contribution >= 0.6 is 11.3 Å². The number of rotatable bonds is 2. The van der Waals surface area contributed by atoms with Crippen LogP contribution in [0.3, 0.4) is 0 Å². The smallest absolute Gasteiger partial charge is 0.147 e. The Morgan fingerprint density at radius 1 is 1.27 bits per heavy atom. The molecule has 0 aromatic carbocycles. The third kappa shape index (κ3) is 2.89.